The first kappa shape index (κ1) is 19.3. The van der Waals surface area contributed by atoms with E-state index in [-0.39, 0.29) is 17.8 Å². The average molecular weight is 397 g/mol. The summed E-state index contributed by atoms with van der Waals surface area (Å²) < 4.78 is 20.5. The van der Waals surface area contributed by atoms with Crippen molar-refractivity contribution in [3.05, 3.63) is 48.0 Å². The molecule has 1 amide bonds. The molecule has 0 atom stereocenters. The Kier molecular flexibility index (Phi) is 5.71. The molecule has 29 heavy (non-hydrogen) atoms. The molecule has 7 nitrogen and oxygen atoms in total. The number of fused-ring (bicyclic) bond motifs is 1. The number of hydrogen-bond acceptors (Lipinski definition) is 5. The number of pyridine rings is 1. The molecule has 1 aliphatic heterocycles. The molecule has 2 aromatic heterocycles. The maximum absolute atomic E-state index is 13.2. The predicted octanol–water partition coefficient (Wildman–Crippen LogP) is 3.82. The third-order valence-corrected chi connectivity index (χ3v) is 5.02. The number of amides is 1. The number of nitrogens with one attached hydrogen (secondary N) is 2. The Morgan fingerprint density at radius 1 is 1.24 bits per heavy atom. The fourth-order valence-corrected chi connectivity index (χ4v) is 3.51. The Morgan fingerprint density at radius 3 is 2.72 bits per heavy atom. The molecule has 0 radical (unpaired) electrons. The van der Waals surface area contributed by atoms with Crippen LogP contribution in [0.1, 0.15) is 36.5 Å². The molecule has 8 heteroatoms. The average Bonchev–Trinajstić information content (AvgIpc) is 3.14. The summed E-state index contributed by atoms with van der Waals surface area (Å²) in [5, 5.41) is 11.6. The van der Waals surface area contributed by atoms with Crippen LogP contribution in [0.25, 0.3) is 11.0 Å². The van der Waals surface area contributed by atoms with Gasteiger partial charge in [0.25, 0.3) is 5.91 Å². The molecule has 0 spiro atoms. The number of anilines is 2. The van der Waals surface area contributed by atoms with Crippen LogP contribution in [0.5, 0.6) is 0 Å². The zero-order chi connectivity index (χ0) is 20.2. The largest absolute Gasteiger partial charge is 0.381 e. The lowest BCUT2D eigenvalue weighted by atomic mass is 10.1. The van der Waals surface area contributed by atoms with Crippen molar-refractivity contribution >= 4 is 28.3 Å². The van der Waals surface area contributed by atoms with Crippen LogP contribution < -0.4 is 10.6 Å². The van der Waals surface area contributed by atoms with E-state index in [1.54, 1.807) is 12.4 Å². The van der Waals surface area contributed by atoms with Crippen LogP contribution in [0.15, 0.2) is 36.7 Å². The summed E-state index contributed by atoms with van der Waals surface area (Å²) in [7, 11) is 0. The number of benzene rings is 1. The van der Waals surface area contributed by atoms with Crippen LogP contribution in [-0.2, 0) is 11.3 Å². The molecule has 1 aromatic carbocycles. The van der Waals surface area contributed by atoms with Gasteiger partial charge in [0.1, 0.15) is 5.82 Å². The van der Waals surface area contributed by atoms with E-state index in [1.165, 1.54) is 24.3 Å². The molecule has 1 aliphatic rings. The third kappa shape index (κ3) is 4.22. The van der Waals surface area contributed by atoms with Gasteiger partial charge in [-0.05, 0) is 43.5 Å². The molecule has 4 rings (SSSR count). The fraction of sp³-hybridized carbons (Fsp3) is 0.381. The normalized spacial score (nSPS) is 14.8. The van der Waals surface area contributed by atoms with Gasteiger partial charge in [0.05, 0.1) is 22.8 Å². The lowest BCUT2D eigenvalue weighted by molar-refractivity contribution is 0.0904. The van der Waals surface area contributed by atoms with Crippen LogP contribution in [0.2, 0.25) is 0 Å². The van der Waals surface area contributed by atoms with Crippen LogP contribution >= 0.6 is 0 Å². The molecule has 152 valence electrons. The van der Waals surface area contributed by atoms with Gasteiger partial charge in [-0.2, -0.15) is 5.10 Å². The van der Waals surface area contributed by atoms with Gasteiger partial charge < -0.3 is 15.4 Å². The molecule has 0 bridgehead atoms. The molecule has 0 saturated carbocycles. The van der Waals surface area contributed by atoms with Crippen molar-refractivity contribution < 1.29 is 13.9 Å². The molecule has 3 aromatic rings. The van der Waals surface area contributed by atoms with Crippen LogP contribution in [0.4, 0.5) is 15.8 Å². The first-order chi connectivity index (χ1) is 14.2. The van der Waals surface area contributed by atoms with E-state index in [2.05, 4.69) is 27.6 Å². The lowest BCUT2D eigenvalue weighted by Crippen LogP contribution is -2.29. The zero-order valence-electron chi connectivity index (χ0n) is 16.3. The second kappa shape index (κ2) is 8.57. The lowest BCUT2D eigenvalue weighted by Gasteiger charge is -2.25. The molecule has 1 saturated heterocycles. The van der Waals surface area contributed by atoms with Gasteiger partial charge in [0.15, 0.2) is 5.65 Å². The van der Waals surface area contributed by atoms with Gasteiger partial charge in [-0.15, -0.1) is 0 Å². The van der Waals surface area contributed by atoms with Gasteiger partial charge in [-0.3, -0.25) is 4.79 Å². The Balaban J connectivity index is 1.69. The first-order valence-electron chi connectivity index (χ1n) is 9.91. The monoisotopic (exact) mass is 397 g/mol. The standard InChI is InChI=1S/C21H24FN5O2/c1-2-9-27-20-17(13-24-27)19(25-16-7-10-29-11-8-16)18(12-23-20)21(28)26-15-5-3-14(22)4-6-15/h3-6,12-13,16H,2,7-11H2,1H3,(H,23,25)(H,26,28). The van der Waals surface area contributed by atoms with Crippen molar-refractivity contribution in [2.75, 3.05) is 23.8 Å². The molecule has 2 N–H and O–H groups in total. The van der Waals surface area contributed by atoms with Crippen molar-refractivity contribution in [1.82, 2.24) is 14.8 Å². The molecular weight excluding hydrogens is 373 g/mol. The predicted molar refractivity (Wildman–Crippen MR) is 110 cm³/mol. The number of rotatable bonds is 6. The number of hydrogen-bond donors (Lipinski definition) is 2. The van der Waals surface area contributed by atoms with Gasteiger partial charge in [-0.1, -0.05) is 6.92 Å². The second-order valence-corrected chi connectivity index (χ2v) is 7.14. The smallest absolute Gasteiger partial charge is 0.259 e. The number of aryl methyl sites for hydroxylation is 1. The molecule has 0 aliphatic carbocycles. The minimum Gasteiger partial charge on any atom is -0.381 e. The quantitative estimate of drug-likeness (QED) is 0.661. The summed E-state index contributed by atoms with van der Waals surface area (Å²) in [4.78, 5) is 17.5. The van der Waals surface area contributed by atoms with E-state index in [9.17, 15) is 9.18 Å². The summed E-state index contributed by atoms with van der Waals surface area (Å²) in [6.45, 7) is 4.23. The number of carbonyl (C=O) groups excluding carboxylic acids is 1. The summed E-state index contributed by atoms with van der Waals surface area (Å²) in [6, 6.07) is 5.90. The SMILES string of the molecule is CCCn1ncc2c(NC3CCOCC3)c(C(=O)Nc3ccc(F)cc3)cnc21. The Morgan fingerprint density at radius 2 is 2.00 bits per heavy atom. The topological polar surface area (TPSA) is 81.1 Å². The number of halogens is 1. The van der Waals surface area contributed by atoms with Crippen molar-refractivity contribution in [2.24, 2.45) is 0 Å². The highest BCUT2D eigenvalue weighted by molar-refractivity contribution is 6.12. The summed E-state index contributed by atoms with van der Waals surface area (Å²) >= 11 is 0. The van der Waals surface area contributed by atoms with Crippen LogP contribution in [-0.4, -0.2) is 39.9 Å². The van der Waals surface area contributed by atoms with E-state index in [0.717, 1.165) is 42.5 Å². The second-order valence-electron chi connectivity index (χ2n) is 7.14. The van der Waals surface area contributed by atoms with Gasteiger partial charge in [0, 0.05) is 37.7 Å². The van der Waals surface area contributed by atoms with Crippen molar-refractivity contribution in [1.29, 1.82) is 0 Å². The minimum absolute atomic E-state index is 0.209. The highest BCUT2D eigenvalue weighted by Gasteiger charge is 2.22. The molecular formula is C21H24FN5O2. The number of nitrogens with zero attached hydrogens (tertiary/aromatic N) is 3. The van der Waals surface area contributed by atoms with Gasteiger partial charge >= 0.3 is 0 Å². The summed E-state index contributed by atoms with van der Waals surface area (Å²) in [6.07, 6.45) is 6.01. The fourth-order valence-electron chi connectivity index (χ4n) is 3.51. The summed E-state index contributed by atoms with van der Waals surface area (Å²) in [5.74, 6) is -0.653. The van der Waals surface area contributed by atoms with Gasteiger partial charge in [-0.25, -0.2) is 14.1 Å². The van der Waals surface area contributed by atoms with Crippen LogP contribution in [0.3, 0.4) is 0 Å². The molecule has 1 fully saturated rings. The van der Waals surface area contributed by atoms with Crippen molar-refractivity contribution in [2.45, 2.75) is 38.8 Å². The van der Waals surface area contributed by atoms with E-state index >= 15 is 0 Å². The maximum Gasteiger partial charge on any atom is 0.259 e. The zero-order valence-corrected chi connectivity index (χ0v) is 16.3. The van der Waals surface area contributed by atoms with Gasteiger partial charge in [0.2, 0.25) is 0 Å². The Hall–Kier alpha value is -3.00. The number of aromatic nitrogens is 3. The first-order valence-corrected chi connectivity index (χ1v) is 9.91. The molecule has 3 heterocycles. The Labute approximate surface area is 168 Å². The number of ether oxygens (including phenoxy) is 1. The van der Waals surface area contributed by atoms with E-state index in [1.807, 2.05) is 4.68 Å². The Bertz CT molecular complexity index is 996. The number of carbonyl (C=O) groups is 1. The van der Waals surface area contributed by atoms with E-state index < -0.39 is 0 Å². The van der Waals surface area contributed by atoms with E-state index in [4.69, 9.17) is 4.74 Å². The minimum atomic E-state index is -0.351. The van der Waals surface area contributed by atoms with Crippen LogP contribution in [0, 0.1) is 5.82 Å². The summed E-state index contributed by atoms with van der Waals surface area (Å²) in [5.41, 5.74) is 2.43. The molecule has 0 unspecified atom stereocenters. The highest BCUT2D eigenvalue weighted by atomic mass is 19.1. The van der Waals surface area contributed by atoms with Crippen molar-refractivity contribution in [3.63, 3.8) is 0 Å². The third-order valence-electron chi connectivity index (χ3n) is 5.02. The van der Waals surface area contributed by atoms with E-state index in [0.29, 0.717) is 24.5 Å². The van der Waals surface area contributed by atoms with Crippen molar-refractivity contribution in [3.8, 4) is 0 Å². The maximum atomic E-state index is 13.2. The highest BCUT2D eigenvalue weighted by Crippen LogP contribution is 2.29.